The van der Waals surface area contributed by atoms with Crippen molar-refractivity contribution in [2.24, 2.45) is 0 Å². The maximum absolute atomic E-state index is 12.7. The summed E-state index contributed by atoms with van der Waals surface area (Å²) in [6, 6.07) is 5.56. The molecule has 0 unspecified atom stereocenters. The van der Waals surface area contributed by atoms with Crippen molar-refractivity contribution in [2.75, 3.05) is 24.0 Å². The van der Waals surface area contributed by atoms with Gasteiger partial charge in [0.1, 0.15) is 5.00 Å². The van der Waals surface area contributed by atoms with E-state index >= 15 is 0 Å². The molecule has 2 aliphatic rings. The van der Waals surface area contributed by atoms with Gasteiger partial charge in [0, 0.05) is 16.6 Å². The molecule has 0 saturated heterocycles. The predicted molar refractivity (Wildman–Crippen MR) is 119 cm³/mol. The van der Waals surface area contributed by atoms with E-state index < -0.39 is 0 Å². The summed E-state index contributed by atoms with van der Waals surface area (Å²) in [6.45, 7) is 2.40. The van der Waals surface area contributed by atoms with Crippen molar-refractivity contribution < 1.29 is 19.0 Å². The van der Waals surface area contributed by atoms with E-state index in [9.17, 15) is 4.79 Å². The minimum atomic E-state index is -0.279. The molecular formula is C21H24N2O4S2. The molecule has 1 aliphatic heterocycles. The van der Waals surface area contributed by atoms with Crippen LogP contribution in [0.25, 0.3) is 0 Å². The number of benzene rings is 1. The molecule has 2 N–H and O–H groups in total. The van der Waals surface area contributed by atoms with E-state index in [1.165, 1.54) is 17.7 Å². The van der Waals surface area contributed by atoms with Crippen LogP contribution in [0.2, 0.25) is 0 Å². The van der Waals surface area contributed by atoms with Crippen molar-refractivity contribution >= 4 is 45.3 Å². The number of hydrogen-bond acceptors (Lipinski definition) is 6. The number of rotatable bonds is 4. The lowest BCUT2D eigenvalue weighted by Gasteiger charge is -2.13. The number of aryl methyl sites for hydroxylation is 1. The molecular weight excluding hydrogens is 408 g/mol. The number of thiocarbonyl (C=S) groups is 1. The van der Waals surface area contributed by atoms with E-state index in [1.54, 1.807) is 11.3 Å². The summed E-state index contributed by atoms with van der Waals surface area (Å²) < 4.78 is 16.1. The molecule has 1 aromatic carbocycles. The molecule has 154 valence electrons. The van der Waals surface area contributed by atoms with Crippen molar-refractivity contribution in [1.29, 1.82) is 0 Å². The summed E-state index contributed by atoms with van der Waals surface area (Å²) >= 11 is 7.12. The topological polar surface area (TPSA) is 68.8 Å². The van der Waals surface area contributed by atoms with Crippen LogP contribution in [0.1, 0.15) is 53.4 Å². The highest BCUT2D eigenvalue weighted by Gasteiger charge is 2.26. The van der Waals surface area contributed by atoms with Gasteiger partial charge in [-0.15, -0.1) is 11.3 Å². The van der Waals surface area contributed by atoms with Crippen LogP contribution in [0.5, 0.6) is 11.5 Å². The first-order valence-electron chi connectivity index (χ1n) is 9.95. The molecule has 0 radical (unpaired) electrons. The average molecular weight is 433 g/mol. The number of anilines is 2. The second-order valence-electron chi connectivity index (χ2n) is 6.99. The molecule has 0 bridgehead atoms. The first kappa shape index (κ1) is 20.0. The van der Waals surface area contributed by atoms with Gasteiger partial charge in [-0.05, 0) is 62.5 Å². The maximum Gasteiger partial charge on any atom is 0.341 e. The minimum absolute atomic E-state index is 0.227. The number of esters is 1. The van der Waals surface area contributed by atoms with Crippen LogP contribution in [-0.4, -0.2) is 24.5 Å². The van der Waals surface area contributed by atoms with E-state index in [4.69, 9.17) is 26.4 Å². The Kier molecular flexibility index (Phi) is 6.20. The number of fused-ring (bicyclic) bond motifs is 2. The van der Waals surface area contributed by atoms with E-state index in [1.807, 2.05) is 25.1 Å². The summed E-state index contributed by atoms with van der Waals surface area (Å²) in [5.41, 5.74) is 2.56. The maximum atomic E-state index is 12.7. The van der Waals surface area contributed by atoms with Crippen LogP contribution in [-0.2, 0) is 17.6 Å². The summed E-state index contributed by atoms with van der Waals surface area (Å²) in [4.78, 5) is 14.0. The van der Waals surface area contributed by atoms with Crippen LogP contribution >= 0.6 is 23.6 Å². The van der Waals surface area contributed by atoms with Crippen molar-refractivity contribution in [2.45, 2.75) is 45.4 Å². The van der Waals surface area contributed by atoms with E-state index in [2.05, 4.69) is 10.6 Å². The number of ether oxygens (including phenoxy) is 3. The molecule has 8 heteroatoms. The molecule has 4 rings (SSSR count). The Bertz CT molecular complexity index is 926. The normalized spacial score (nSPS) is 15.1. The van der Waals surface area contributed by atoms with Gasteiger partial charge < -0.3 is 24.8 Å². The Morgan fingerprint density at radius 3 is 2.76 bits per heavy atom. The standard InChI is InChI=1S/C21H24N2O4S2/c1-2-25-20(24)18-14-7-5-3-4-6-8-17(14)29-19(18)23-21(28)22-13-9-10-15-16(11-13)27-12-26-15/h9-11H,2-8,12H2,1H3,(H2,22,23,28). The molecule has 0 spiro atoms. The zero-order chi connectivity index (χ0) is 20.2. The van der Waals surface area contributed by atoms with Crippen molar-refractivity contribution in [1.82, 2.24) is 0 Å². The van der Waals surface area contributed by atoms with Crippen LogP contribution in [0, 0.1) is 0 Å². The fraction of sp³-hybridized carbons (Fsp3) is 0.429. The number of carbonyl (C=O) groups is 1. The zero-order valence-electron chi connectivity index (χ0n) is 16.3. The second-order valence-corrected chi connectivity index (χ2v) is 8.50. The third-order valence-corrected chi connectivity index (χ3v) is 6.42. The fourth-order valence-corrected chi connectivity index (χ4v) is 5.23. The van der Waals surface area contributed by atoms with Crippen LogP contribution in [0.15, 0.2) is 18.2 Å². The lowest BCUT2D eigenvalue weighted by atomic mass is 9.96. The highest BCUT2D eigenvalue weighted by Crippen LogP contribution is 2.38. The molecule has 2 aromatic rings. The zero-order valence-corrected chi connectivity index (χ0v) is 18.0. The molecule has 6 nitrogen and oxygen atoms in total. The number of carbonyl (C=O) groups excluding carboxylic acids is 1. The number of hydrogen-bond donors (Lipinski definition) is 2. The van der Waals surface area contributed by atoms with Crippen molar-refractivity contribution in [3.8, 4) is 11.5 Å². The first-order valence-corrected chi connectivity index (χ1v) is 11.2. The van der Waals surface area contributed by atoms with Gasteiger partial charge in [0.05, 0.1) is 12.2 Å². The molecule has 0 amide bonds. The summed E-state index contributed by atoms with van der Waals surface area (Å²) in [5.74, 6) is 1.13. The first-order chi connectivity index (χ1) is 14.2. The molecule has 2 heterocycles. The Morgan fingerprint density at radius 1 is 1.14 bits per heavy atom. The smallest absolute Gasteiger partial charge is 0.341 e. The highest BCUT2D eigenvalue weighted by molar-refractivity contribution is 7.80. The number of nitrogens with one attached hydrogen (secondary N) is 2. The third kappa shape index (κ3) is 4.48. The van der Waals surface area contributed by atoms with E-state index in [0.29, 0.717) is 23.0 Å². The average Bonchev–Trinajstić information content (AvgIpc) is 3.26. The van der Waals surface area contributed by atoms with Gasteiger partial charge >= 0.3 is 5.97 Å². The molecule has 1 aliphatic carbocycles. The molecule has 0 atom stereocenters. The largest absolute Gasteiger partial charge is 0.462 e. The van der Waals surface area contributed by atoms with Crippen LogP contribution in [0.3, 0.4) is 0 Å². The lowest BCUT2D eigenvalue weighted by molar-refractivity contribution is 0.0526. The summed E-state index contributed by atoms with van der Waals surface area (Å²) in [7, 11) is 0. The van der Waals surface area contributed by atoms with E-state index in [0.717, 1.165) is 47.7 Å². The third-order valence-electron chi connectivity index (χ3n) is 5.01. The van der Waals surface area contributed by atoms with Crippen molar-refractivity contribution in [3.63, 3.8) is 0 Å². The highest BCUT2D eigenvalue weighted by atomic mass is 32.1. The lowest BCUT2D eigenvalue weighted by Crippen LogP contribution is -2.20. The molecule has 1 aromatic heterocycles. The monoisotopic (exact) mass is 432 g/mol. The fourth-order valence-electron chi connectivity index (χ4n) is 3.67. The molecule has 0 fully saturated rings. The van der Waals surface area contributed by atoms with Gasteiger partial charge in [0.25, 0.3) is 0 Å². The Labute approximate surface area is 179 Å². The Morgan fingerprint density at radius 2 is 1.93 bits per heavy atom. The molecule has 0 saturated carbocycles. The minimum Gasteiger partial charge on any atom is -0.462 e. The van der Waals surface area contributed by atoms with Crippen molar-refractivity contribution in [3.05, 3.63) is 34.2 Å². The van der Waals surface area contributed by atoms with Gasteiger partial charge in [-0.1, -0.05) is 12.8 Å². The second kappa shape index (κ2) is 9.00. The summed E-state index contributed by atoms with van der Waals surface area (Å²) in [6.07, 6.45) is 6.58. The number of thiophene rings is 1. The van der Waals surface area contributed by atoms with Gasteiger partial charge in [-0.2, -0.15) is 0 Å². The SMILES string of the molecule is CCOC(=O)c1c(NC(=S)Nc2ccc3c(c2)OCO3)sc2c1CCCCCC2. The van der Waals surface area contributed by atoms with Crippen LogP contribution < -0.4 is 20.1 Å². The van der Waals surface area contributed by atoms with E-state index in [-0.39, 0.29) is 12.8 Å². The quantitative estimate of drug-likeness (QED) is 0.513. The van der Waals surface area contributed by atoms with Gasteiger partial charge in [0.2, 0.25) is 6.79 Å². The summed E-state index contributed by atoms with van der Waals surface area (Å²) in [5, 5.41) is 7.57. The van der Waals surface area contributed by atoms with Gasteiger partial charge in [0.15, 0.2) is 16.6 Å². The van der Waals surface area contributed by atoms with Gasteiger partial charge in [-0.25, -0.2) is 4.79 Å². The predicted octanol–water partition coefficient (Wildman–Crippen LogP) is 5.12. The van der Waals surface area contributed by atoms with Gasteiger partial charge in [-0.3, -0.25) is 0 Å². The van der Waals surface area contributed by atoms with Crippen LogP contribution in [0.4, 0.5) is 10.7 Å². The Balaban J connectivity index is 1.55. The Hall–Kier alpha value is -2.32. The molecule has 29 heavy (non-hydrogen) atoms.